The molecule has 1 atom stereocenters. The predicted octanol–water partition coefficient (Wildman–Crippen LogP) is 3.69. The molecule has 1 unspecified atom stereocenters. The highest BCUT2D eigenvalue weighted by atomic mass is 16.3. The number of aryl methyl sites for hydroxylation is 1. The standard InChI is InChI=1S/C27H34N2O3/c1-21-9-11-23(12-10-21)25(31)29-15-5-8-24(19-29)26(32)28-16-13-27(20-30,14-17-28)18-22-6-3-2-4-7-22/h2-4,6-7,9-12,24,30H,5,8,13-20H2,1H3. The molecule has 1 N–H and O–H groups in total. The average molecular weight is 435 g/mol. The molecular weight excluding hydrogens is 400 g/mol. The molecule has 0 aliphatic carbocycles. The minimum atomic E-state index is -0.155. The van der Waals surface area contributed by atoms with Crippen molar-refractivity contribution in [2.24, 2.45) is 11.3 Å². The van der Waals surface area contributed by atoms with Crippen LogP contribution in [0.15, 0.2) is 54.6 Å². The Hall–Kier alpha value is -2.66. The van der Waals surface area contributed by atoms with Crippen LogP contribution < -0.4 is 0 Å². The van der Waals surface area contributed by atoms with Crippen LogP contribution in [-0.2, 0) is 11.2 Å². The van der Waals surface area contributed by atoms with Gasteiger partial charge in [-0.25, -0.2) is 0 Å². The van der Waals surface area contributed by atoms with Crippen molar-refractivity contribution in [3.05, 3.63) is 71.3 Å². The van der Waals surface area contributed by atoms with E-state index in [2.05, 4.69) is 12.1 Å². The summed E-state index contributed by atoms with van der Waals surface area (Å²) >= 11 is 0. The maximum absolute atomic E-state index is 13.3. The van der Waals surface area contributed by atoms with Crippen LogP contribution in [0.2, 0.25) is 0 Å². The summed E-state index contributed by atoms with van der Waals surface area (Å²) in [5.41, 5.74) is 2.90. The van der Waals surface area contributed by atoms with Crippen molar-refractivity contribution in [3.8, 4) is 0 Å². The Kier molecular flexibility index (Phi) is 6.95. The van der Waals surface area contributed by atoms with Crippen LogP contribution in [0.4, 0.5) is 0 Å². The van der Waals surface area contributed by atoms with Gasteiger partial charge < -0.3 is 14.9 Å². The Balaban J connectivity index is 1.35. The number of carbonyl (C=O) groups excluding carboxylic acids is 2. The molecule has 2 aromatic carbocycles. The molecule has 2 saturated heterocycles. The molecule has 2 fully saturated rings. The highest BCUT2D eigenvalue weighted by molar-refractivity contribution is 5.94. The largest absolute Gasteiger partial charge is 0.396 e. The third-order valence-corrected chi connectivity index (χ3v) is 7.25. The van der Waals surface area contributed by atoms with Gasteiger partial charge in [0.1, 0.15) is 0 Å². The quantitative estimate of drug-likeness (QED) is 0.781. The predicted molar refractivity (Wildman–Crippen MR) is 125 cm³/mol. The number of hydrogen-bond acceptors (Lipinski definition) is 3. The van der Waals surface area contributed by atoms with Gasteiger partial charge in [-0.3, -0.25) is 9.59 Å². The lowest BCUT2D eigenvalue weighted by atomic mass is 9.74. The summed E-state index contributed by atoms with van der Waals surface area (Å²) in [5.74, 6) is 0.0508. The lowest BCUT2D eigenvalue weighted by Gasteiger charge is -2.43. The number of piperidine rings is 2. The number of aliphatic hydroxyl groups excluding tert-OH is 1. The van der Waals surface area contributed by atoms with Gasteiger partial charge in [0.05, 0.1) is 5.92 Å². The third kappa shape index (κ3) is 5.04. The van der Waals surface area contributed by atoms with E-state index in [-0.39, 0.29) is 29.8 Å². The van der Waals surface area contributed by atoms with Gasteiger partial charge >= 0.3 is 0 Å². The molecule has 0 radical (unpaired) electrons. The van der Waals surface area contributed by atoms with E-state index in [9.17, 15) is 14.7 Å². The number of amides is 2. The van der Waals surface area contributed by atoms with E-state index in [0.717, 1.165) is 37.7 Å². The van der Waals surface area contributed by atoms with Crippen molar-refractivity contribution in [2.75, 3.05) is 32.8 Å². The Labute approximate surface area is 191 Å². The van der Waals surface area contributed by atoms with E-state index in [1.165, 1.54) is 5.56 Å². The van der Waals surface area contributed by atoms with Crippen LogP contribution in [0.3, 0.4) is 0 Å². The first-order valence-electron chi connectivity index (χ1n) is 11.8. The van der Waals surface area contributed by atoms with Gasteiger partial charge in [-0.15, -0.1) is 0 Å². The second-order valence-electron chi connectivity index (χ2n) is 9.60. The first-order valence-corrected chi connectivity index (χ1v) is 11.8. The van der Waals surface area contributed by atoms with E-state index < -0.39 is 0 Å². The molecular formula is C27H34N2O3. The van der Waals surface area contributed by atoms with Crippen molar-refractivity contribution >= 4 is 11.8 Å². The van der Waals surface area contributed by atoms with Gasteiger partial charge in [-0.1, -0.05) is 48.0 Å². The normalized spacial score (nSPS) is 20.8. The van der Waals surface area contributed by atoms with E-state index in [1.807, 2.05) is 59.2 Å². The highest BCUT2D eigenvalue weighted by Crippen LogP contribution is 2.35. The van der Waals surface area contributed by atoms with Gasteiger partial charge in [0, 0.05) is 43.8 Å². The minimum Gasteiger partial charge on any atom is -0.396 e. The summed E-state index contributed by atoms with van der Waals surface area (Å²) in [6, 6.07) is 17.9. The number of carbonyl (C=O) groups is 2. The van der Waals surface area contributed by atoms with Gasteiger partial charge in [-0.2, -0.15) is 0 Å². The van der Waals surface area contributed by atoms with Crippen LogP contribution in [0.25, 0.3) is 0 Å². The number of rotatable bonds is 5. The lowest BCUT2D eigenvalue weighted by molar-refractivity contribution is -0.139. The third-order valence-electron chi connectivity index (χ3n) is 7.25. The van der Waals surface area contributed by atoms with Crippen LogP contribution >= 0.6 is 0 Å². The molecule has 0 spiro atoms. The Morgan fingerprint density at radius 3 is 2.31 bits per heavy atom. The highest BCUT2D eigenvalue weighted by Gasteiger charge is 2.38. The van der Waals surface area contributed by atoms with Crippen molar-refractivity contribution in [3.63, 3.8) is 0 Å². The summed E-state index contributed by atoms with van der Waals surface area (Å²) in [6.45, 7) is 4.71. The molecule has 2 aliphatic rings. The molecule has 5 nitrogen and oxygen atoms in total. The fraction of sp³-hybridized carbons (Fsp3) is 0.481. The fourth-order valence-corrected chi connectivity index (χ4v) is 5.12. The Morgan fingerprint density at radius 2 is 1.66 bits per heavy atom. The summed E-state index contributed by atoms with van der Waals surface area (Å²) in [5, 5.41) is 10.1. The Morgan fingerprint density at radius 1 is 0.969 bits per heavy atom. The van der Waals surface area contributed by atoms with Crippen LogP contribution in [0.5, 0.6) is 0 Å². The zero-order valence-electron chi connectivity index (χ0n) is 19.0. The monoisotopic (exact) mass is 434 g/mol. The second kappa shape index (κ2) is 9.86. The van der Waals surface area contributed by atoms with E-state index >= 15 is 0 Å². The maximum Gasteiger partial charge on any atom is 0.253 e. The van der Waals surface area contributed by atoms with E-state index in [1.54, 1.807) is 0 Å². The van der Waals surface area contributed by atoms with E-state index in [0.29, 0.717) is 31.7 Å². The lowest BCUT2D eigenvalue weighted by Crippen LogP contribution is -2.51. The SMILES string of the molecule is Cc1ccc(C(=O)N2CCCC(C(=O)N3CCC(CO)(Cc4ccccc4)CC3)C2)cc1. The van der Waals surface area contributed by atoms with Gasteiger partial charge in [0.25, 0.3) is 5.91 Å². The summed E-state index contributed by atoms with van der Waals surface area (Å²) in [4.78, 5) is 30.0. The molecule has 0 bridgehead atoms. The number of benzene rings is 2. The molecule has 0 saturated carbocycles. The number of hydrogen-bond donors (Lipinski definition) is 1. The van der Waals surface area contributed by atoms with Crippen molar-refractivity contribution in [1.29, 1.82) is 0 Å². The van der Waals surface area contributed by atoms with Crippen molar-refractivity contribution in [1.82, 2.24) is 9.80 Å². The molecule has 5 heteroatoms. The van der Waals surface area contributed by atoms with Gasteiger partial charge in [-0.05, 0) is 56.7 Å². The van der Waals surface area contributed by atoms with Crippen LogP contribution in [-0.4, -0.2) is 59.5 Å². The molecule has 32 heavy (non-hydrogen) atoms. The maximum atomic E-state index is 13.3. The average Bonchev–Trinajstić information content (AvgIpc) is 2.85. The van der Waals surface area contributed by atoms with E-state index in [4.69, 9.17) is 0 Å². The molecule has 2 aliphatic heterocycles. The Bertz CT molecular complexity index is 918. The molecule has 2 aromatic rings. The van der Waals surface area contributed by atoms with Crippen LogP contribution in [0, 0.1) is 18.3 Å². The first-order chi connectivity index (χ1) is 15.5. The zero-order chi connectivity index (χ0) is 22.6. The molecule has 2 amide bonds. The second-order valence-corrected chi connectivity index (χ2v) is 9.60. The molecule has 2 heterocycles. The molecule has 0 aromatic heterocycles. The van der Waals surface area contributed by atoms with Gasteiger partial charge in [0.15, 0.2) is 0 Å². The molecule has 170 valence electrons. The van der Waals surface area contributed by atoms with Crippen molar-refractivity contribution in [2.45, 2.75) is 39.0 Å². The molecule has 4 rings (SSSR count). The minimum absolute atomic E-state index is 0.0169. The smallest absolute Gasteiger partial charge is 0.253 e. The first kappa shape index (κ1) is 22.5. The number of aliphatic hydroxyl groups is 1. The van der Waals surface area contributed by atoms with Crippen molar-refractivity contribution < 1.29 is 14.7 Å². The summed E-state index contributed by atoms with van der Waals surface area (Å²) < 4.78 is 0. The van der Waals surface area contributed by atoms with Crippen LogP contribution in [0.1, 0.15) is 47.2 Å². The summed E-state index contributed by atoms with van der Waals surface area (Å²) in [6.07, 6.45) is 4.15. The fourth-order valence-electron chi connectivity index (χ4n) is 5.12. The number of likely N-dealkylation sites (tertiary alicyclic amines) is 2. The zero-order valence-corrected chi connectivity index (χ0v) is 19.0. The summed E-state index contributed by atoms with van der Waals surface area (Å²) in [7, 11) is 0. The van der Waals surface area contributed by atoms with Gasteiger partial charge in [0.2, 0.25) is 5.91 Å². The topological polar surface area (TPSA) is 60.9 Å². The number of nitrogens with zero attached hydrogens (tertiary/aromatic N) is 2.